The fourth-order valence-corrected chi connectivity index (χ4v) is 2.75. The normalized spacial score (nSPS) is 10.9. The molecule has 0 aliphatic rings. The van der Waals surface area contributed by atoms with E-state index in [1.807, 2.05) is 5.38 Å². The first-order chi connectivity index (χ1) is 10.1. The number of benzene rings is 1. The number of rotatable bonds is 4. The first kappa shape index (κ1) is 13.5. The molecule has 0 fully saturated rings. The minimum atomic E-state index is -0.601. The van der Waals surface area contributed by atoms with Crippen LogP contribution in [0.25, 0.3) is 11.1 Å². The average Bonchev–Trinajstić information content (AvgIpc) is 3.07. The van der Waals surface area contributed by atoms with E-state index in [4.69, 9.17) is 4.42 Å². The van der Waals surface area contributed by atoms with Crippen LogP contribution in [0.3, 0.4) is 0 Å². The van der Waals surface area contributed by atoms with Gasteiger partial charge in [-0.3, -0.25) is 14.2 Å². The Kier molecular flexibility index (Phi) is 3.31. The molecule has 0 spiro atoms. The minimum absolute atomic E-state index is 0.0776. The molecule has 1 aromatic carbocycles. The molecule has 0 aliphatic carbocycles. The van der Waals surface area contributed by atoms with E-state index in [1.165, 1.54) is 28.9 Å². The Bertz CT molecular complexity index is 886. The molecule has 5 nitrogen and oxygen atoms in total. The number of oxazole rings is 1. The first-order valence-corrected chi connectivity index (χ1v) is 7.15. The summed E-state index contributed by atoms with van der Waals surface area (Å²) in [6.45, 7) is 1.36. The van der Waals surface area contributed by atoms with Crippen molar-refractivity contribution in [1.29, 1.82) is 0 Å². The van der Waals surface area contributed by atoms with Crippen LogP contribution in [0.4, 0.5) is 0 Å². The van der Waals surface area contributed by atoms with Crippen LogP contribution < -0.4 is 5.76 Å². The zero-order valence-corrected chi connectivity index (χ0v) is 12.0. The number of Topliss-reactive ketones (excluding diaryl/α,β-unsaturated/α-hetero) is 2. The van der Waals surface area contributed by atoms with Gasteiger partial charge in [-0.2, -0.15) is 0 Å². The van der Waals surface area contributed by atoms with E-state index in [0.29, 0.717) is 21.5 Å². The number of fused-ring (bicyclic) bond motifs is 1. The second-order valence-corrected chi connectivity index (χ2v) is 5.54. The zero-order valence-electron chi connectivity index (χ0n) is 11.2. The molecule has 0 amide bonds. The van der Waals surface area contributed by atoms with Crippen molar-refractivity contribution in [3.63, 3.8) is 0 Å². The van der Waals surface area contributed by atoms with Crippen LogP contribution in [0, 0.1) is 0 Å². The quantitative estimate of drug-likeness (QED) is 0.695. The summed E-state index contributed by atoms with van der Waals surface area (Å²) in [5.74, 6) is -0.858. The number of thiophene rings is 1. The lowest BCUT2D eigenvalue weighted by Gasteiger charge is -2.00. The van der Waals surface area contributed by atoms with Crippen molar-refractivity contribution in [3.05, 3.63) is 56.7 Å². The third-order valence-corrected chi connectivity index (χ3v) is 4.08. The lowest BCUT2D eigenvalue weighted by Crippen LogP contribution is -2.19. The third-order valence-electron chi connectivity index (χ3n) is 3.17. The maximum Gasteiger partial charge on any atom is 0.420 e. The summed E-state index contributed by atoms with van der Waals surface area (Å²) in [6.07, 6.45) is 0. The summed E-state index contributed by atoms with van der Waals surface area (Å²) in [5.41, 5.74) is 1.29. The van der Waals surface area contributed by atoms with Crippen molar-refractivity contribution in [2.24, 2.45) is 0 Å². The van der Waals surface area contributed by atoms with Crippen LogP contribution in [0.1, 0.15) is 27.0 Å². The smallest absolute Gasteiger partial charge is 0.408 e. The summed E-state index contributed by atoms with van der Waals surface area (Å²) in [6, 6.07) is 8.26. The van der Waals surface area contributed by atoms with Gasteiger partial charge < -0.3 is 4.42 Å². The Balaban J connectivity index is 2.03. The summed E-state index contributed by atoms with van der Waals surface area (Å²) < 4.78 is 6.39. The minimum Gasteiger partial charge on any atom is -0.408 e. The van der Waals surface area contributed by atoms with E-state index in [9.17, 15) is 14.4 Å². The van der Waals surface area contributed by atoms with Crippen molar-refractivity contribution in [2.75, 3.05) is 0 Å². The number of nitrogens with zero attached hydrogens (tertiary/aromatic N) is 1. The third kappa shape index (κ3) is 2.45. The van der Waals surface area contributed by atoms with Gasteiger partial charge in [0.2, 0.25) is 0 Å². The van der Waals surface area contributed by atoms with E-state index in [0.717, 1.165) is 0 Å². The highest BCUT2D eigenvalue weighted by molar-refractivity contribution is 7.12. The van der Waals surface area contributed by atoms with Gasteiger partial charge in [-0.1, -0.05) is 6.07 Å². The predicted octanol–water partition coefficient (Wildman–Crippen LogP) is 2.74. The number of aromatic nitrogens is 1. The van der Waals surface area contributed by atoms with Crippen molar-refractivity contribution in [1.82, 2.24) is 4.57 Å². The van der Waals surface area contributed by atoms with Crippen molar-refractivity contribution < 1.29 is 14.0 Å². The van der Waals surface area contributed by atoms with Gasteiger partial charge in [-0.25, -0.2) is 4.79 Å². The second kappa shape index (κ2) is 5.14. The topological polar surface area (TPSA) is 69.3 Å². The maximum atomic E-state index is 12.1. The highest BCUT2D eigenvalue weighted by Gasteiger charge is 2.15. The van der Waals surface area contributed by atoms with E-state index in [-0.39, 0.29) is 18.1 Å². The van der Waals surface area contributed by atoms with Crippen LogP contribution in [0.5, 0.6) is 0 Å². The van der Waals surface area contributed by atoms with Crippen LogP contribution in [-0.4, -0.2) is 16.1 Å². The van der Waals surface area contributed by atoms with Crippen LogP contribution in [-0.2, 0) is 6.54 Å². The standard InChI is InChI=1S/C15H11NO4S/c1-9(17)10-4-5-11-13(7-10)20-15(19)16(11)8-12(18)14-3-2-6-21-14/h2-7H,8H2,1H3. The molecular formula is C15H11NO4S. The van der Waals surface area contributed by atoms with Gasteiger partial charge in [0.1, 0.15) is 0 Å². The van der Waals surface area contributed by atoms with Gasteiger partial charge >= 0.3 is 5.76 Å². The van der Waals surface area contributed by atoms with Crippen LogP contribution >= 0.6 is 11.3 Å². The average molecular weight is 301 g/mol. The molecule has 0 atom stereocenters. The van der Waals surface area contributed by atoms with E-state index in [2.05, 4.69) is 0 Å². The molecule has 2 aromatic heterocycles. The SMILES string of the molecule is CC(=O)c1ccc2c(c1)oc(=O)n2CC(=O)c1cccs1. The van der Waals surface area contributed by atoms with E-state index in [1.54, 1.807) is 24.3 Å². The summed E-state index contributed by atoms with van der Waals surface area (Å²) >= 11 is 1.33. The number of carbonyl (C=O) groups is 2. The Labute approximate surface area is 123 Å². The Morgan fingerprint density at radius 3 is 2.76 bits per heavy atom. The van der Waals surface area contributed by atoms with Gasteiger partial charge in [0.15, 0.2) is 17.1 Å². The molecule has 3 aromatic rings. The Hall–Kier alpha value is -2.47. The number of hydrogen-bond donors (Lipinski definition) is 0. The second-order valence-electron chi connectivity index (χ2n) is 4.59. The molecular weight excluding hydrogens is 290 g/mol. The summed E-state index contributed by atoms with van der Waals surface area (Å²) in [4.78, 5) is 35.9. The fourth-order valence-electron chi connectivity index (χ4n) is 2.09. The molecule has 0 N–H and O–H groups in total. The lowest BCUT2D eigenvalue weighted by molar-refractivity contribution is 0.0973. The van der Waals surface area contributed by atoms with Gasteiger partial charge in [0.05, 0.1) is 16.9 Å². The maximum absolute atomic E-state index is 12.1. The summed E-state index contributed by atoms with van der Waals surface area (Å²) in [5, 5.41) is 1.81. The highest BCUT2D eigenvalue weighted by atomic mass is 32.1. The molecule has 106 valence electrons. The highest BCUT2D eigenvalue weighted by Crippen LogP contribution is 2.17. The van der Waals surface area contributed by atoms with Gasteiger partial charge in [0.25, 0.3) is 0 Å². The largest absolute Gasteiger partial charge is 0.420 e. The lowest BCUT2D eigenvalue weighted by atomic mass is 10.1. The van der Waals surface area contributed by atoms with Gasteiger partial charge in [-0.15, -0.1) is 11.3 Å². The van der Waals surface area contributed by atoms with E-state index >= 15 is 0 Å². The molecule has 6 heteroatoms. The Morgan fingerprint density at radius 1 is 1.29 bits per heavy atom. The van der Waals surface area contributed by atoms with Crippen LogP contribution in [0.15, 0.2) is 44.9 Å². The Morgan fingerprint density at radius 2 is 2.10 bits per heavy atom. The number of hydrogen-bond acceptors (Lipinski definition) is 5. The molecule has 2 heterocycles. The van der Waals surface area contributed by atoms with Crippen molar-refractivity contribution in [2.45, 2.75) is 13.5 Å². The van der Waals surface area contributed by atoms with Crippen molar-refractivity contribution in [3.8, 4) is 0 Å². The van der Waals surface area contributed by atoms with Gasteiger partial charge in [0, 0.05) is 5.56 Å². The molecule has 0 aliphatic heterocycles. The zero-order chi connectivity index (χ0) is 15.0. The van der Waals surface area contributed by atoms with Crippen molar-refractivity contribution >= 4 is 34.0 Å². The molecule has 21 heavy (non-hydrogen) atoms. The molecule has 0 saturated carbocycles. The first-order valence-electron chi connectivity index (χ1n) is 6.27. The number of carbonyl (C=O) groups excluding carboxylic acids is 2. The molecule has 0 unspecified atom stereocenters. The fraction of sp³-hybridized carbons (Fsp3) is 0.133. The van der Waals surface area contributed by atoms with Crippen LogP contribution in [0.2, 0.25) is 0 Å². The monoisotopic (exact) mass is 301 g/mol. The molecule has 0 bridgehead atoms. The number of ketones is 2. The molecule has 0 saturated heterocycles. The predicted molar refractivity (Wildman–Crippen MR) is 79.1 cm³/mol. The summed E-state index contributed by atoms with van der Waals surface area (Å²) in [7, 11) is 0. The molecule has 3 rings (SSSR count). The van der Waals surface area contributed by atoms with Gasteiger partial charge in [-0.05, 0) is 36.6 Å². The van der Waals surface area contributed by atoms with E-state index < -0.39 is 5.76 Å². The molecule has 0 radical (unpaired) electrons.